The minimum absolute atomic E-state index is 0.176. The average Bonchev–Trinajstić information content (AvgIpc) is 3.13. The van der Waals surface area contributed by atoms with Crippen LogP contribution in [-0.4, -0.2) is 29.5 Å². The molecule has 0 unspecified atom stereocenters. The van der Waals surface area contributed by atoms with Crippen molar-refractivity contribution in [1.29, 1.82) is 0 Å². The minimum Gasteiger partial charge on any atom is -0.545 e. The number of ketones is 1. The number of allylic oxidation sites excluding steroid dienone is 1. The zero-order valence-electron chi connectivity index (χ0n) is 12.2. The lowest BCUT2D eigenvalue weighted by molar-refractivity contribution is -0.298. The molecule has 2 heterocycles. The van der Waals surface area contributed by atoms with E-state index in [9.17, 15) is 14.7 Å². The van der Waals surface area contributed by atoms with Crippen LogP contribution in [0.5, 0.6) is 11.5 Å². The van der Waals surface area contributed by atoms with E-state index in [4.69, 9.17) is 9.47 Å². The standard InChI is InChI=1S/C16H14O5S2/c1-9-7-22-16(23-9)14(15(18)19)11(17)4-2-10-3-5-12-13(6-10)21-8-20-12/h2-6,9H,7-8H2,1H3,(H,18,19)/p-1/b4-2+,16-14-/t9-/m1/s1. The number of fused-ring (bicyclic) bond motifs is 1. The van der Waals surface area contributed by atoms with Gasteiger partial charge in [0.25, 0.3) is 0 Å². The normalized spacial score (nSPS) is 21.7. The molecule has 23 heavy (non-hydrogen) atoms. The highest BCUT2D eigenvalue weighted by Crippen LogP contribution is 2.43. The summed E-state index contributed by atoms with van der Waals surface area (Å²) in [7, 11) is 0. The molecule has 3 rings (SSSR count). The largest absolute Gasteiger partial charge is 0.545 e. The van der Waals surface area contributed by atoms with Gasteiger partial charge in [-0.05, 0) is 23.8 Å². The summed E-state index contributed by atoms with van der Waals surface area (Å²) >= 11 is 2.78. The molecule has 0 aliphatic carbocycles. The summed E-state index contributed by atoms with van der Waals surface area (Å²) in [4.78, 5) is 23.5. The van der Waals surface area contributed by atoms with Crippen LogP contribution in [0.2, 0.25) is 0 Å². The quantitative estimate of drug-likeness (QED) is 0.466. The van der Waals surface area contributed by atoms with Crippen molar-refractivity contribution >= 4 is 41.4 Å². The second-order valence-corrected chi connectivity index (χ2v) is 7.74. The van der Waals surface area contributed by atoms with Gasteiger partial charge in [-0.15, -0.1) is 23.5 Å². The summed E-state index contributed by atoms with van der Waals surface area (Å²) in [5.41, 5.74) is 0.465. The van der Waals surface area contributed by atoms with E-state index in [2.05, 4.69) is 0 Å². The van der Waals surface area contributed by atoms with E-state index >= 15 is 0 Å². The van der Waals surface area contributed by atoms with Gasteiger partial charge in [-0.1, -0.05) is 19.1 Å². The third-order valence-electron chi connectivity index (χ3n) is 3.24. The summed E-state index contributed by atoms with van der Waals surface area (Å²) < 4.78 is 11.0. The average molecular weight is 349 g/mol. The lowest BCUT2D eigenvalue weighted by Crippen LogP contribution is -2.28. The van der Waals surface area contributed by atoms with Gasteiger partial charge < -0.3 is 19.4 Å². The van der Waals surface area contributed by atoms with E-state index in [0.717, 1.165) is 11.3 Å². The lowest BCUT2D eigenvalue weighted by atomic mass is 10.1. The van der Waals surface area contributed by atoms with Crippen LogP contribution in [0, 0.1) is 0 Å². The van der Waals surface area contributed by atoms with Crippen molar-refractivity contribution in [1.82, 2.24) is 0 Å². The summed E-state index contributed by atoms with van der Waals surface area (Å²) in [6.07, 6.45) is 2.81. The number of ether oxygens (including phenoxy) is 2. The first kappa shape index (κ1) is 16.0. The van der Waals surface area contributed by atoms with E-state index in [1.165, 1.54) is 29.6 Å². The molecule has 1 saturated heterocycles. The van der Waals surface area contributed by atoms with Gasteiger partial charge in [0, 0.05) is 11.0 Å². The Kier molecular flexibility index (Phi) is 4.68. The zero-order valence-corrected chi connectivity index (χ0v) is 13.9. The maximum absolute atomic E-state index is 12.2. The summed E-state index contributed by atoms with van der Waals surface area (Å²) in [5.74, 6) is 0.0458. The second-order valence-electron chi connectivity index (χ2n) is 5.00. The summed E-state index contributed by atoms with van der Waals surface area (Å²) in [5, 5.41) is 11.6. The van der Waals surface area contributed by atoms with Crippen LogP contribution in [0.25, 0.3) is 6.08 Å². The van der Waals surface area contributed by atoms with Gasteiger partial charge in [0.1, 0.15) is 0 Å². The maximum Gasteiger partial charge on any atom is 0.231 e. The molecule has 1 fully saturated rings. The lowest BCUT2D eigenvalue weighted by Gasteiger charge is -2.08. The Balaban J connectivity index is 1.80. The third kappa shape index (κ3) is 3.56. The van der Waals surface area contributed by atoms with Crippen molar-refractivity contribution in [3.8, 4) is 11.5 Å². The van der Waals surface area contributed by atoms with E-state index in [-0.39, 0.29) is 17.6 Å². The fourth-order valence-corrected chi connectivity index (χ4v) is 4.96. The number of hydrogen-bond acceptors (Lipinski definition) is 7. The monoisotopic (exact) mass is 349 g/mol. The predicted molar refractivity (Wildman–Crippen MR) is 88.2 cm³/mol. The molecule has 0 bridgehead atoms. The van der Waals surface area contributed by atoms with Gasteiger partial charge >= 0.3 is 0 Å². The molecule has 0 spiro atoms. The van der Waals surface area contributed by atoms with Gasteiger partial charge in [-0.2, -0.15) is 0 Å². The first-order chi connectivity index (χ1) is 11.0. The topological polar surface area (TPSA) is 75.7 Å². The van der Waals surface area contributed by atoms with Crippen molar-refractivity contribution in [2.24, 2.45) is 0 Å². The molecule has 1 atom stereocenters. The SMILES string of the molecule is C[C@@H]1CS/C(=C(/C(=O)[O-])C(=O)/C=C/c2ccc3c(c2)OCO3)S1. The number of aliphatic carboxylic acids is 1. The summed E-state index contributed by atoms with van der Waals surface area (Å²) in [6, 6.07) is 5.25. The number of hydrogen-bond donors (Lipinski definition) is 0. The zero-order chi connectivity index (χ0) is 16.4. The number of carbonyl (C=O) groups is 2. The second kappa shape index (κ2) is 6.72. The molecule has 1 aromatic carbocycles. The highest BCUT2D eigenvalue weighted by atomic mass is 32.2. The Morgan fingerprint density at radius 2 is 2.09 bits per heavy atom. The first-order valence-electron chi connectivity index (χ1n) is 6.91. The van der Waals surface area contributed by atoms with E-state index in [0.29, 0.717) is 15.7 Å². The highest BCUT2D eigenvalue weighted by Gasteiger charge is 2.23. The molecule has 1 aromatic rings. The van der Waals surface area contributed by atoms with Crippen molar-refractivity contribution in [2.45, 2.75) is 12.2 Å². The molecule has 2 aliphatic rings. The molecule has 7 heteroatoms. The fourth-order valence-electron chi connectivity index (χ4n) is 2.13. The van der Waals surface area contributed by atoms with E-state index < -0.39 is 11.8 Å². The smallest absolute Gasteiger partial charge is 0.231 e. The van der Waals surface area contributed by atoms with Crippen LogP contribution < -0.4 is 14.6 Å². The van der Waals surface area contributed by atoms with Crippen molar-refractivity contribution in [3.05, 3.63) is 39.6 Å². The van der Waals surface area contributed by atoms with Crippen LogP contribution >= 0.6 is 23.5 Å². The molecule has 0 aromatic heterocycles. The molecular weight excluding hydrogens is 336 g/mol. The first-order valence-corrected chi connectivity index (χ1v) is 8.78. The Labute approximate surface area is 141 Å². The van der Waals surface area contributed by atoms with Crippen molar-refractivity contribution in [3.63, 3.8) is 0 Å². The van der Waals surface area contributed by atoms with Gasteiger partial charge in [-0.3, -0.25) is 4.79 Å². The molecule has 5 nitrogen and oxygen atoms in total. The molecule has 0 saturated carbocycles. The van der Waals surface area contributed by atoms with Crippen LogP contribution in [-0.2, 0) is 9.59 Å². The molecular formula is C16H13O5S2-. The van der Waals surface area contributed by atoms with Crippen LogP contribution in [0.3, 0.4) is 0 Å². The predicted octanol–water partition coefficient (Wildman–Crippen LogP) is 1.83. The van der Waals surface area contributed by atoms with Crippen LogP contribution in [0.4, 0.5) is 0 Å². The number of carboxylic acid groups (broad SMARTS) is 1. The fraction of sp³-hybridized carbons (Fsp3) is 0.250. The minimum atomic E-state index is -1.44. The Hall–Kier alpha value is -1.86. The Bertz CT molecular complexity index is 723. The molecule has 0 amide bonds. The number of benzene rings is 1. The van der Waals surface area contributed by atoms with Crippen molar-refractivity contribution in [2.75, 3.05) is 12.5 Å². The Morgan fingerprint density at radius 1 is 1.30 bits per heavy atom. The third-order valence-corrected chi connectivity index (χ3v) is 6.21. The van der Waals surface area contributed by atoms with Crippen LogP contribution in [0.15, 0.2) is 34.1 Å². The van der Waals surface area contributed by atoms with Gasteiger partial charge in [0.2, 0.25) is 6.79 Å². The number of carboxylic acids is 1. The summed E-state index contributed by atoms with van der Waals surface area (Å²) in [6.45, 7) is 2.17. The number of carbonyl (C=O) groups excluding carboxylic acids is 2. The van der Waals surface area contributed by atoms with Crippen LogP contribution in [0.1, 0.15) is 12.5 Å². The van der Waals surface area contributed by atoms with E-state index in [1.807, 2.05) is 6.92 Å². The number of thioether (sulfide) groups is 2. The van der Waals surface area contributed by atoms with Gasteiger partial charge in [0.05, 0.1) is 15.8 Å². The van der Waals surface area contributed by atoms with Gasteiger partial charge in [-0.25, -0.2) is 0 Å². The van der Waals surface area contributed by atoms with Crippen molar-refractivity contribution < 1.29 is 24.2 Å². The number of rotatable bonds is 4. The maximum atomic E-state index is 12.2. The van der Waals surface area contributed by atoms with Gasteiger partial charge in [0.15, 0.2) is 17.3 Å². The Morgan fingerprint density at radius 3 is 2.78 bits per heavy atom. The van der Waals surface area contributed by atoms with E-state index in [1.54, 1.807) is 24.3 Å². The highest BCUT2D eigenvalue weighted by molar-refractivity contribution is 8.25. The molecule has 2 aliphatic heterocycles. The molecule has 0 N–H and O–H groups in total. The molecule has 120 valence electrons. The molecule has 0 radical (unpaired) electrons.